The van der Waals surface area contributed by atoms with Gasteiger partial charge in [-0.15, -0.1) is 0 Å². The molecule has 0 atom stereocenters. The van der Waals surface area contributed by atoms with Gasteiger partial charge in [0, 0.05) is 38.3 Å². The van der Waals surface area contributed by atoms with Crippen molar-refractivity contribution in [3.8, 4) is 0 Å². The zero-order valence-corrected chi connectivity index (χ0v) is 11.9. The van der Waals surface area contributed by atoms with Crippen LogP contribution >= 0.6 is 0 Å². The van der Waals surface area contributed by atoms with Crippen molar-refractivity contribution in [1.29, 1.82) is 0 Å². The van der Waals surface area contributed by atoms with Crippen LogP contribution in [-0.2, 0) is 0 Å². The van der Waals surface area contributed by atoms with Crippen LogP contribution in [0, 0.1) is 10.8 Å². The molecule has 3 aliphatic heterocycles. The van der Waals surface area contributed by atoms with Crippen molar-refractivity contribution < 1.29 is 0 Å². The molecule has 0 aromatic rings. The maximum absolute atomic E-state index is 2.77. The fraction of sp³-hybridized carbons (Fsp3) is 1.00. The summed E-state index contributed by atoms with van der Waals surface area (Å²) in [5.74, 6) is 0. The molecule has 16 heavy (non-hydrogen) atoms. The maximum atomic E-state index is 2.77. The van der Waals surface area contributed by atoms with Gasteiger partial charge in [-0.1, -0.05) is 41.5 Å². The summed E-state index contributed by atoms with van der Waals surface area (Å²) in [6, 6.07) is 0. The third-order valence-corrected chi connectivity index (χ3v) is 4.85. The zero-order valence-electron chi connectivity index (χ0n) is 11.9. The van der Waals surface area contributed by atoms with Gasteiger partial charge in [0.2, 0.25) is 0 Å². The summed E-state index contributed by atoms with van der Waals surface area (Å²) >= 11 is 0. The van der Waals surface area contributed by atoms with Crippen molar-refractivity contribution in [3.05, 3.63) is 0 Å². The second kappa shape index (κ2) is 3.46. The number of fused-ring (bicyclic) bond motifs is 3. The first kappa shape index (κ1) is 12.4. The Morgan fingerprint density at radius 3 is 1.38 bits per heavy atom. The Hall–Kier alpha value is -0.0800. The van der Waals surface area contributed by atoms with E-state index in [1.807, 2.05) is 0 Å². The first-order chi connectivity index (χ1) is 7.18. The van der Waals surface area contributed by atoms with Crippen LogP contribution in [0.15, 0.2) is 0 Å². The van der Waals surface area contributed by atoms with Gasteiger partial charge in [-0.25, -0.2) is 0 Å². The second-order valence-corrected chi connectivity index (χ2v) is 7.62. The van der Waals surface area contributed by atoms with Crippen LogP contribution in [0.25, 0.3) is 0 Å². The Morgan fingerprint density at radius 2 is 1.19 bits per heavy atom. The van der Waals surface area contributed by atoms with Gasteiger partial charge >= 0.3 is 0 Å². The van der Waals surface area contributed by atoms with Gasteiger partial charge in [-0.3, -0.25) is 9.80 Å². The van der Waals surface area contributed by atoms with Crippen LogP contribution in [0.3, 0.4) is 0 Å². The lowest BCUT2D eigenvalue weighted by atomic mass is 9.57. The first-order valence-corrected chi connectivity index (χ1v) is 6.66. The summed E-state index contributed by atoms with van der Waals surface area (Å²) in [4.78, 5) is 5.43. The van der Waals surface area contributed by atoms with Gasteiger partial charge in [0.25, 0.3) is 0 Å². The van der Waals surface area contributed by atoms with E-state index in [1.54, 1.807) is 0 Å². The van der Waals surface area contributed by atoms with Crippen molar-refractivity contribution >= 4 is 0 Å². The summed E-state index contributed by atoms with van der Waals surface area (Å²) < 4.78 is 0. The standard InChI is InChI=1S/C14H28N2/c1-12(2,3)14(13(4,5)6)11-15-7-9-16(14)10-8-15/h7-11H2,1-6H3. The molecule has 0 N–H and O–H groups in total. The van der Waals surface area contributed by atoms with Crippen molar-refractivity contribution in [2.24, 2.45) is 10.8 Å². The number of hydrogen-bond donors (Lipinski definition) is 0. The third kappa shape index (κ3) is 1.53. The van der Waals surface area contributed by atoms with E-state index in [-0.39, 0.29) is 0 Å². The van der Waals surface area contributed by atoms with E-state index in [1.165, 1.54) is 32.7 Å². The Bertz CT molecular complexity index is 247. The molecule has 3 fully saturated rings. The van der Waals surface area contributed by atoms with E-state index in [2.05, 4.69) is 51.3 Å². The lowest BCUT2D eigenvalue weighted by Crippen LogP contribution is -2.77. The molecule has 3 aliphatic rings. The van der Waals surface area contributed by atoms with Gasteiger partial charge in [-0.05, 0) is 10.8 Å². The molecular weight excluding hydrogens is 196 g/mol. The van der Waals surface area contributed by atoms with Crippen molar-refractivity contribution in [3.63, 3.8) is 0 Å². The Morgan fingerprint density at radius 1 is 0.750 bits per heavy atom. The number of piperazine rings is 3. The topological polar surface area (TPSA) is 6.48 Å². The second-order valence-electron chi connectivity index (χ2n) is 7.62. The SMILES string of the molecule is CC(C)(C)C1(C(C)(C)C)CN2CCN1CC2. The Balaban J connectivity index is 2.44. The third-order valence-electron chi connectivity index (χ3n) is 4.85. The van der Waals surface area contributed by atoms with Gasteiger partial charge in [-0.2, -0.15) is 0 Å². The Labute approximate surface area is 101 Å². The van der Waals surface area contributed by atoms with Gasteiger partial charge < -0.3 is 0 Å². The van der Waals surface area contributed by atoms with E-state index < -0.39 is 0 Å². The molecule has 2 nitrogen and oxygen atoms in total. The Kier molecular flexibility index (Phi) is 2.67. The number of hydrogen-bond acceptors (Lipinski definition) is 2. The van der Waals surface area contributed by atoms with Gasteiger partial charge in [0.05, 0.1) is 0 Å². The van der Waals surface area contributed by atoms with E-state index >= 15 is 0 Å². The van der Waals surface area contributed by atoms with E-state index in [0.29, 0.717) is 16.4 Å². The first-order valence-electron chi connectivity index (χ1n) is 6.66. The fourth-order valence-corrected chi connectivity index (χ4v) is 4.26. The zero-order chi connectivity index (χ0) is 12.2. The molecule has 0 aliphatic carbocycles. The highest BCUT2D eigenvalue weighted by Gasteiger charge is 2.58. The lowest BCUT2D eigenvalue weighted by Gasteiger charge is -2.66. The highest BCUT2D eigenvalue weighted by molar-refractivity contribution is 5.13. The van der Waals surface area contributed by atoms with Crippen LogP contribution in [0.1, 0.15) is 41.5 Å². The predicted octanol–water partition coefficient (Wildman–Crippen LogP) is 2.45. The van der Waals surface area contributed by atoms with Crippen molar-refractivity contribution in [1.82, 2.24) is 9.80 Å². The van der Waals surface area contributed by atoms with Gasteiger partial charge in [0.1, 0.15) is 0 Å². The molecule has 0 aromatic carbocycles. The molecular formula is C14H28N2. The summed E-state index contributed by atoms with van der Waals surface area (Å²) in [6.45, 7) is 20.8. The van der Waals surface area contributed by atoms with Crippen molar-refractivity contribution in [2.75, 3.05) is 32.7 Å². The lowest BCUT2D eigenvalue weighted by molar-refractivity contribution is -0.163. The van der Waals surface area contributed by atoms with Crippen LogP contribution in [0.4, 0.5) is 0 Å². The largest absolute Gasteiger partial charge is 0.299 e. The predicted molar refractivity (Wildman–Crippen MR) is 69.7 cm³/mol. The molecule has 3 heterocycles. The minimum atomic E-state index is 0.330. The van der Waals surface area contributed by atoms with Crippen molar-refractivity contribution in [2.45, 2.75) is 47.1 Å². The summed E-state index contributed by atoms with van der Waals surface area (Å²) in [5, 5.41) is 0. The molecule has 3 saturated heterocycles. The molecule has 0 saturated carbocycles. The number of nitrogens with zero attached hydrogens (tertiary/aromatic N) is 2. The average molecular weight is 224 g/mol. The summed E-state index contributed by atoms with van der Waals surface area (Å²) in [6.07, 6.45) is 0. The quantitative estimate of drug-likeness (QED) is 0.623. The monoisotopic (exact) mass is 224 g/mol. The molecule has 3 rings (SSSR count). The minimum Gasteiger partial charge on any atom is -0.299 e. The molecule has 0 aromatic heterocycles. The highest BCUT2D eigenvalue weighted by Crippen LogP contribution is 2.51. The molecule has 94 valence electrons. The fourth-order valence-electron chi connectivity index (χ4n) is 4.26. The van der Waals surface area contributed by atoms with Gasteiger partial charge in [0.15, 0.2) is 0 Å². The molecule has 0 spiro atoms. The summed E-state index contributed by atoms with van der Waals surface area (Å²) in [5.41, 5.74) is 1.01. The normalized spacial score (nSPS) is 34.1. The molecule has 0 unspecified atom stereocenters. The molecule has 2 bridgehead atoms. The van der Waals surface area contributed by atoms with E-state index in [4.69, 9.17) is 0 Å². The summed E-state index contributed by atoms with van der Waals surface area (Å²) in [7, 11) is 0. The van der Waals surface area contributed by atoms with Crippen LogP contribution in [0.2, 0.25) is 0 Å². The van der Waals surface area contributed by atoms with E-state index in [9.17, 15) is 0 Å². The molecule has 2 heteroatoms. The van der Waals surface area contributed by atoms with Crippen LogP contribution in [0.5, 0.6) is 0 Å². The van der Waals surface area contributed by atoms with Crippen LogP contribution in [-0.4, -0.2) is 48.1 Å². The maximum Gasteiger partial charge on any atom is 0.0433 e. The van der Waals surface area contributed by atoms with E-state index in [0.717, 1.165) is 0 Å². The molecule has 0 amide bonds. The number of rotatable bonds is 0. The minimum absolute atomic E-state index is 0.330. The molecule has 0 radical (unpaired) electrons. The smallest absolute Gasteiger partial charge is 0.0433 e. The van der Waals surface area contributed by atoms with Crippen LogP contribution < -0.4 is 0 Å². The highest BCUT2D eigenvalue weighted by atomic mass is 15.4. The average Bonchev–Trinajstić information content (AvgIpc) is 2.16.